The Morgan fingerprint density at radius 3 is 2.81 bits per heavy atom. The maximum absolute atomic E-state index is 12.0. The highest BCUT2D eigenvalue weighted by molar-refractivity contribution is 5.95. The fraction of sp³-hybridized carbons (Fsp3) is 0.571. The second-order valence-corrected chi connectivity index (χ2v) is 4.39. The monoisotopic (exact) mass is 219 g/mol. The van der Waals surface area contributed by atoms with Gasteiger partial charge in [0.25, 0.3) is 0 Å². The van der Waals surface area contributed by atoms with Crippen LogP contribution in [0.2, 0.25) is 0 Å². The van der Waals surface area contributed by atoms with Gasteiger partial charge in [0.05, 0.1) is 0 Å². The number of aryl methyl sites for hydroxylation is 1. The van der Waals surface area contributed by atoms with Crippen molar-refractivity contribution < 1.29 is 4.79 Å². The van der Waals surface area contributed by atoms with Crippen molar-refractivity contribution in [2.24, 2.45) is 5.92 Å². The van der Waals surface area contributed by atoms with Gasteiger partial charge in [-0.3, -0.25) is 9.78 Å². The molecule has 0 aliphatic rings. The summed E-state index contributed by atoms with van der Waals surface area (Å²) in [6.45, 7) is 6.35. The highest BCUT2D eigenvalue weighted by Gasteiger charge is 2.14. The van der Waals surface area contributed by atoms with Gasteiger partial charge in [-0.2, -0.15) is 0 Å². The molecule has 1 atom stereocenters. The molecule has 0 bridgehead atoms. The lowest BCUT2D eigenvalue weighted by atomic mass is 9.96. The summed E-state index contributed by atoms with van der Waals surface area (Å²) < 4.78 is 0. The molecular weight excluding hydrogens is 198 g/mol. The van der Waals surface area contributed by atoms with Crippen LogP contribution in [0.1, 0.15) is 56.1 Å². The molecule has 0 radical (unpaired) electrons. The van der Waals surface area contributed by atoms with Crippen LogP contribution in [-0.4, -0.2) is 10.8 Å². The van der Waals surface area contributed by atoms with Crippen LogP contribution < -0.4 is 0 Å². The van der Waals surface area contributed by atoms with E-state index in [2.05, 4.69) is 25.8 Å². The lowest BCUT2D eigenvalue weighted by Crippen LogP contribution is -2.10. The van der Waals surface area contributed by atoms with Gasteiger partial charge in [-0.15, -0.1) is 0 Å². The molecule has 1 heterocycles. The third-order valence-electron chi connectivity index (χ3n) is 2.85. The maximum atomic E-state index is 12.0. The molecule has 0 saturated carbocycles. The lowest BCUT2D eigenvalue weighted by molar-refractivity contribution is 0.0956. The molecular formula is C14H21NO. The average Bonchev–Trinajstić information content (AvgIpc) is 2.29. The van der Waals surface area contributed by atoms with E-state index in [1.54, 1.807) is 6.20 Å². The zero-order valence-electron chi connectivity index (χ0n) is 10.5. The van der Waals surface area contributed by atoms with E-state index in [1.165, 1.54) is 0 Å². The molecule has 0 aliphatic heterocycles. The minimum Gasteiger partial charge on any atom is -0.292 e. The van der Waals surface area contributed by atoms with E-state index >= 15 is 0 Å². The molecule has 0 fully saturated rings. The van der Waals surface area contributed by atoms with Crippen molar-refractivity contribution in [3.05, 3.63) is 29.6 Å². The van der Waals surface area contributed by atoms with E-state index in [9.17, 15) is 4.79 Å². The zero-order valence-corrected chi connectivity index (χ0v) is 10.5. The fourth-order valence-electron chi connectivity index (χ4n) is 1.98. The minimum absolute atomic E-state index is 0.193. The molecule has 1 rings (SSSR count). The van der Waals surface area contributed by atoms with E-state index in [4.69, 9.17) is 0 Å². The zero-order chi connectivity index (χ0) is 12.0. The summed E-state index contributed by atoms with van der Waals surface area (Å²) in [6, 6.07) is 3.88. The number of nitrogens with zero attached hydrogens (tertiary/aromatic N) is 1. The Balaban J connectivity index is 2.72. The summed E-state index contributed by atoms with van der Waals surface area (Å²) >= 11 is 0. The summed E-state index contributed by atoms with van der Waals surface area (Å²) in [6.07, 6.45) is 5.45. The van der Waals surface area contributed by atoms with Gasteiger partial charge >= 0.3 is 0 Å². The molecule has 0 aromatic carbocycles. The molecule has 0 amide bonds. The van der Waals surface area contributed by atoms with Crippen LogP contribution >= 0.6 is 0 Å². The van der Waals surface area contributed by atoms with Gasteiger partial charge in [-0.05, 0) is 24.0 Å². The lowest BCUT2D eigenvalue weighted by Gasteiger charge is -2.10. The van der Waals surface area contributed by atoms with Crippen LogP contribution in [0.15, 0.2) is 18.3 Å². The van der Waals surface area contributed by atoms with Crippen LogP contribution in [0.4, 0.5) is 0 Å². The predicted octanol–water partition coefficient (Wildman–Crippen LogP) is 3.65. The normalized spacial score (nSPS) is 12.4. The van der Waals surface area contributed by atoms with Crippen LogP contribution in [0, 0.1) is 5.92 Å². The first-order valence-corrected chi connectivity index (χ1v) is 6.16. The first kappa shape index (κ1) is 12.9. The Hall–Kier alpha value is -1.18. The number of ketones is 1. The number of hydrogen-bond donors (Lipinski definition) is 0. The Morgan fingerprint density at radius 1 is 1.44 bits per heavy atom. The number of carbonyl (C=O) groups is 1. The molecule has 2 nitrogen and oxygen atoms in total. The van der Waals surface area contributed by atoms with E-state index in [0.29, 0.717) is 18.0 Å². The van der Waals surface area contributed by atoms with Crippen molar-refractivity contribution in [1.82, 2.24) is 4.98 Å². The van der Waals surface area contributed by atoms with Crippen LogP contribution in [0.25, 0.3) is 0 Å². The molecule has 0 aliphatic carbocycles. The standard InChI is InChI=1S/C14H21NO/c1-4-7-11(3)10-13(16)14-12(5-2)8-6-9-15-14/h6,8-9,11H,4-5,7,10H2,1-3H3. The van der Waals surface area contributed by atoms with Crippen molar-refractivity contribution in [3.8, 4) is 0 Å². The van der Waals surface area contributed by atoms with E-state index in [0.717, 1.165) is 24.8 Å². The highest BCUT2D eigenvalue weighted by atomic mass is 16.1. The summed E-state index contributed by atoms with van der Waals surface area (Å²) in [4.78, 5) is 16.3. The molecule has 16 heavy (non-hydrogen) atoms. The van der Waals surface area contributed by atoms with Gasteiger partial charge in [0.15, 0.2) is 5.78 Å². The Bertz CT molecular complexity index is 346. The number of rotatable bonds is 6. The Morgan fingerprint density at radius 2 is 2.19 bits per heavy atom. The summed E-state index contributed by atoms with van der Waals surface area (Å²) in [5, 5.41) is 0. The van der Waals surface area contributed by atoms with Gasteiger partial charge in [0, 0.05) is 12.6 Å². The van der Waals surface area contributed by atoms with Crippen molar-refractivity contribution in [1.29, 1.82) is 0 Å². The van der Waals surface area contributed by atoms with Gasteiger partial charge in [0.2, 0.25) is 0 Å². The SMILES string of the molecule is CCCC(C)CC(=O)c1ncccc1CC. The van der Waals surface area contributed by atoms with Crippen molar-refractivity contribution >= 4 is 5.78 Å². The quantitative estimate of drug-likeness (QED) is 0.683. The van der Waals surface area contributed by atoms with Crippen LogP contribution in [-0.2, 0) is 6.42 Å². The van der Waals surface area contributed by atoms with Crippen molar-refractivity contribution in [2.75, 3.05) is 0 Å². The number of aromatic nitrogens is 1. The predicted molar refractivity (Wildman–Crippen MR) is 66.6 cm³/mol. The minimum atomic E-state index is 0.193. The largest absolute Gasteiger partial charge is 0.292 e. The summed E-state index contributed by atoms with van der Waals surface area (Å²) in [7, 11) is 0. The number of carbonyl (C=O) groups excluding carboxylic acids is 1. The highest BCUT2D eigenvalue weighted by Crippen LogP contribution is 2.15. The molecule has 0 spiro atoms. The number of hydrogen-bond acceptors (Lipinski definition) is 2. The van der Waals surface area contributed by atoms with Crippen LogP contribution in [0.5, 0.6) is 0 Å². The third-order valence-corrected chi connectivity index (χ3v) is 2.85. The summed E-state index contributed by atoms with van der Waals surface area (Å²) in [5.41, 5.74) is 1.74. The topological polar surface area (TPSA) is 30.0 Å². The number of Topliss-reactive ketones (excluding diaryl/α,β-unsaturated/α-hetero) is 1. The van der Waals surface area contributed by atoms with Crippen LogP contribution in [0.3, 0.4) is 0 Å². The molecule has 0 N–H and O–H groups in total. The molecule has 0 saturated heterocycles. The molecule has 2 heteroatoms. The van der Waals surface area contributed by atoms with E-state index in [-0.39, 0.29) is 5.78 Å². The molecule has 88 valence electrons. The van der Waals surface area contributed by atoms with Gasteiger partial charge in [0.1, 0.15) is 5.69 Å². The van der Waals surface area contributed by atoms with Crippen molar-refractivity contribution in [3.63, 3.8) is 0 Å². The average molecular weight is 219 g/mol. The second-order valence-electron chi connectivity index (χ2n) is 4.39. The Labute approximate surface area is 98.1 Å². The molecule has 1 unspecified atom stereocenters. The maximum Gasteiger partial charge on any atom is 0.181 e. The van der Waals surface area contributed by atoms with Crippen molar-refractivity contribution in [2.45, 2.75) is 46.5 Å². The Kier molecular flexibility index (Phi) is 5.17. The molecule has 1 aromatic rings. The van der Waals surface area contributed by atoms with Gasteiger partial charge in [-0.25, -0.2) is 0 Å². The second kappa shape index (κ2) is 6.41. The van der Waals surface area contributed by atoms with E-state index < -0.39 is 0 Å². The fourth-order valence-corrected chi connectivity index (χ4v) is 1.98. The third kappa shape index (κ3) is 3.44. The first-order chi connectivity index (χ1) is 7.69. The first-order valence-electron chi connectivity index (χ1n) is 6.16. The number of pyridine rings is 1. The van der Waals surface area contributed by atoms with Gasteiger partial charge in [-0.1, -0.05) is 39.7 Å². The van der Waals surface area contributed by atoms with E-state index in [1.807, 2.05) is 12.1 Å². The smallest absolute Gasteiger partial charge is 0.181 e. The van der Waals surface area contributed by atoms with Gasteiger partial charge < -0.3 is 0 Å². The molecule has 1 aromatic heterocycles. The summed E-state index contributed by atoms with van der Waals surface area (Å²) in [5.74, 6) is 0.655.